The molecule has 0 aliphatic carbocycles. The van der Waals surface area contributed by atoms with Crippen LogP contribution in [0.25, 0.3) is 11.8 Å². The van der Waals surface area contributed by atoms with Crippen LogP contribution in [0, 0.1) is 35.3 Å². The quantitative estimate of drug-likeness (QED) is 0.208. The molecule has 31 heavy (non-hydrogen) atoms. The summed E-state index contributed by atoms with van der Waals surface area (Å²) in [6.07, 6.45) is 1.45. The number of nitrogens with zero attached hydrogens (tertiary/aromatic N) is 3. The standard InChI is InChI=1S/C23H17N3O5/c1-14-10-18(15(2)25(14)20-8-6-16(7-9-20)23(28)29)11-19(13-24)22(27)17-4-3-5-21(12-17)26(30)31/h3-12H,1-2H3,(H,28,29)/b19-11+. The number of hydrogen-bond acceptors (Lipinski definition) is 5. The van der Waals surface area contributed by atoms with Crippen LogP contribution in [0.1, 0.15) is 37.7 Å². The Bertz CT molecular complexity index is 1280. The van der Waals surface area contributed by atoms with Crippen molar-refractivity contribution in [3.05, 3.63) is 98.4 Å². The summed E-state index contributed by atoms with van der Waals surface area (Å²) in [4.78, 5) is 34.2. The number of Topliss-reactive ketones (excluding diaryl/α,β-unsaturated/α-hetero) is 1. The molecule has 0 bridgehead atoms. The summed E-state index contributed by atoms with van der Waals surface area (Å²) in [7, 11) is 0. The molecule has 154 valence electrons. The van der Waals surface area contributed by atoms with E-state index in [1.165, 1.54) is 36.4 Å². The van der Waals surface area contributed by atoms with Gasteiger partial charge in [0.15, 0.2) is 0 Å². The van der Waals surface area contributed by atoms with E-state index in [0.717, 1.165) is 23.1 Å². The summed E-state index contributed by atoms with van der Waals surface area (Å²) in [5.41, 5.74) is 2.79. The summed E-state index contributed by atoms with van der Waals surface area (Å²) in [5, 5.41) is 29.6. The molecule has 1 aromatic heterocycles. The van der Waals surface area contributed by atoms with Crippen LogP contribution in [0.4, 0.5) is 5.69 Å². The number of non-ortho nitro benzene ring substituents is 1. The number of nitro benzene ring substituents is 1. The van der Waals surface area contributed by atoms with Gasteiger partial charge in [0, 0.05) is 34.8 Å². The number of aromatic nitrogens is 1. The van der Waals surface area contributed by atoms with Crippen LogP contribution in [0.15, 0.2) is 60.2 Å². The van der Waals surface area contributed by atoms with Crippen molar-refractivity contribution < 1.29 is 19.6 Å². The van der Waals surface area contributed by atoms with Crippen LogP contribution < -0.4 is 0 Å². The van der Waals surface area contributed by atoms with Crippen LogP contribution in [0.5, 0.6) is 0 Å². The first-order valence-corrected chi connectivity index (χ1v) is 9.16. The lowest BCUT2D eigenvalue weighted by atomic mass is 10.0. The zero-order valence-electron chi connectivity index (χ0n) is 16.7. The van der Waals surface area contributed by atoms with Crippen LogP contribution in [-0.4, -0.2) is 26.3 Å². The molecule has 0 aliphatic heterocycles. The Morgan fingerprint density at radius 1 is 1.10 bits per heavy atom. The Hall–Kier alpha value is -4.51. The molecule has 0 fully saturated rings. The van der Waals surface area contributed by atoms with Crippen molar-refractivity contribution in [1.82, 2.24) is 4.57 Å². The molecule has 0 aliphatic rings. The molecule has 0 unspecified atom stereocenters. The summed E-state index contributed by atoms with van der Waals surface area (Å²) in [6.45, 7) is 3.67. The highest BCUT2D eigenvalue weighted by Gasteiger charge is 2.17. The minimum atomic E-state index is -1.02. The molecule has 3 rings (SSSR count). The van der Waals surface area contributed by atoms with Gasteiger partial charge < -0.3 is 9.67 Å². The van der Waals surface area contributed by atoms with E-state index in [4.69, 9.17) is 5.11 Å². The van der Waals surface area contributed by atoms with Gasteiger partial charge in [-0.3, -0.25) is 14.9 Å². The molecule has 1 heterocycles. The zero-order valence-corrected chi connectivity index (χ0v) is 16.7. The number of benzene rings is 2. The zero-order chi connectivity index (χ0) is 22.7. The van der Waals surface area contributed by atoms with Crippen LogP contribution in [0.2, 0.25) is 0 Å². The largest absolute Gasteiger partial charge is 0.478 e. The molecular weight excluding hydrogens is 398 g/mol. The molecule has 3 aromatic rings. The molecule has 0 saturated carbocycles. The van der Waals surface area contributed by atoms with E-state index in [-0.39, 0.29) is 22.4 Å². The highest BCUT2D eigenvalue weighted by atomic mass is 16.6. The number of carboxylic acids is 1. The van der Waals surface area contributed by atoms with E-state index in [2.05, 4.69) is 0 Å². The maximum Gasteiger partial charge on any atom is 0.335 e. The molecular formula is C23H17N3O5. The Morgan fingerprint density at radius 3 is 2.35 bits per heavy atom. The number of allylic oxidation sites excluding steroid dienone is 1. The number of nitriles is 1. The third kappa shape index (κ3) is 4.26. The topological polar surface area (TPSA) is 126 Å². The minimum Gasteiger partial charge on any atom is -0.478 e. The van der Waals surface area contributed by atoms with Gasteiger partial charge in [-0.2, -0.15) is 5.26 Å². The first-order chi connectivity index (χ1) is 14.7. The Balaban J connectivity index is 2.01. The van der Waals surface area contributed by atoms with Crippen LogP contribution >= 0.6 is 0 Å². The third-order valence-electron chi connectivity index (χ3n) is 4.83. The van der Waals surface area contributed by atoms with E-state index in [0.29, 0.717) is 5.56 Å². The normalized spacial score (nSPS) is 11.1. The van der Waals surface area contributed by atoms with E-state index in [1.807, 2.05) is 24.5 Å². The molecule has 8 heteroatoms. The number of rotatable bonds is 6. The lowest BCUT2D eigenvalue weighted by Gasteiger charge is -2.10. The molecule has 1 N–H and O–H groups in total. The van der Waals surface area contributed by atoms with Gasteiger partial charge in [-0.15, -0.1) is 0 Å². The summed E-state index contributed by atoms with van der Waals surface area (Å²) >= 11 is 0. The molecule has 0 amide bonds. The first kappa shape index (κ1) is 21.2. The molecule has 0 spiro atoms. The number of aryl methyl sites for hydroxylation is 1. The van der Waals surface area contributed by atoms with Gasteiger partial charge in [0.25, 0.3) is 5.69 Å². The number of carbonyl (C=O) groups is 2. The molecule has 0 atom stereocenters. The fourth-order valence-corrected chi connectivity index (χ4v) is 3.30. The number of nitro groups is 1. The van der Waals surface area contributed by atoms with Crippen molar-refractivity contribution in [3.63, 3.8) is 0 Å². The van der Waals surface area contributed by atoms with Crippen molar-refractivity contribution in [3.8, 4) is 11.8 Å². The van der Waals surface area contributed by atoms with Gasteiger partial charge in [-0.25, -0.2) is 4.79 Å². The Kier molecular flexibility index (Phi) is 5.79. The number of carboxylic acid groups (broad SMARTS) is 1. The monoisotopic (exact) mass is 415 g/mol. The van der Waals surface area contributed by atoms with Gasteiger partial charge in [0.05, 0.1) is 10.5 Å². The number of carbonyl (C=O) groups excluding carboxylic acids is 1. The maximum atomic E-state index is 12.8. The SMILES string of the molecule is Cc1cc(/C=C(\C#N)C(=O)c2cccc([N+](=O)[O-])c2)c(C)n1-c1ccc(C(=O)O)cc1. The fraction of sp³-hybridized carbons (Fsp3) is 0.0870. The summed E-state index contributed by atoms with van der Waals surface area (Å²) in [6, 6.07) is 15.3. The smallest absolute Gasteiger partial charge is 0.335 e. The maximum absolute atomic E-state index is 12.8. The molecule has 8 nitrogen and oxygen atoms in total. The first-order valence-electron chi connectivity index (χ1n) is 9.16. The van der Waals surface area contributed by atoms with E-state index >= 15 is 0 Å². The number of aromatic carboxylic acids is 1. The van der Waals surface area contributed by atoms with Crippen molar-refractivity contribution in [2.45, 2.75) is 13.8 Å². The predicted octanol–water partition coefficient (Wildman–Crippen LogP) is 4.49. The fourth-order valence-electron chi connectivity index (χ4n) is 3.30. The number of hydrogen-bond donors (Lipinski definition) is 1. The summed E-state index contributed by atoms with van der Waals surface area (Å²) < 4.78 is 1.88. The Labute approximate surface area is 177 Å². The second kappa shape index (κ2) is 8.47. The van der Waals surface area contributed by atoms with E-state index in [1.54, 1.807) is 18.2 Å². The van der Waals surface area contributed by atoms with E-state index < -0.39 is 16.7 Å². The third-order valence-corrected chi connectivity index (χ3v) is 4.83. The predicted molar refractivity (Wildman–Crippen MR) is 113 cm³/mol. The molecule has 0 radical (unpaired) electrons. The second-order valence-corrected chi connectivity index (χ2v) is 6.82. The van der Waals surface area contributed by atoms with Crippen molar-refractivity contribution in [1.29, 1.82) is 5.26 Å². The van der Waals surface area contributed by atoms with Crippen LogP contribution in [0.3, 0.4) is 0 Å². The van der Waals surface area contributed by atoms with Gasteiger partial charge in [-0.1, -0.05) is 12.1 Å². The van der Waals surface area contributed by atoms with Gasteiger partial charge in [-0.05, 0) is 55.8 Å². The molecule has 0 saturated heterocycles. The van der Waals surface area contributed by atoms with Gasteiger partial charge in [0.1, 0.15) is 11.6 Å². The van der Waals surface area contributed by atoms with Crippen molar-refractivity contribution in [2.75, 3.05) is 0 Å². The lowest BCUT2D eigenvalue weighted by molar-refractivity contribution is -0.384. The average molecular weight is 415 g/mol. The lowest BCUT2D eigenvalue weighted by Crippen LogP contribution is -2.03. The second-order valence-electron chi connectivity index (χ2n) is 6.82. The Morgan fingerprint density at radius 2 is 1.77 bits per heavy atom. The summed E-state index contributed by atoms with van der Waals surface area (Å²) in [5.74, 6) is -1.63. The highest BCUT2D eigenvalue weighted by Crippen LogP contribution is 2.24. The van der Waals surface area contributed by atoms with Gasteiger partial charge >= 0.3 is 5.97 Å². The highest BCUT2D eigenvalue weighted by molar-refractivity contribution is 6.14. The average Bonchev–Trinajstić information content (AvgIpc) is 3.04. The van der Waals surface area contributed by atoms with Crippen molar-refractivity contribution >= 4 is 23.5 Å². The van der Waals surface area contributed by atoms with Crippen molar-refractivity contribution in [2.24, 2.45) is 0 Å². The van der Waals surface area contributed by atoms with Gasteiger partial charge in [0.2, 0.25) is 5.78 Å². The molecule has 2 aromatic carbocycles. The number of ketones is 1. The van der Waals surface area contributed by atoms with E-state index in [9.17, 15) is 25.0 Å². The van der Waals surface area contributed by atoms with Crippen LogP contribution in [-0.2, 0) is 0 Å². The minimum absolute atomic E-state index is 0.0556.